The highest BCUT2D eigenvalue weighted by Crippen LogP contribution is 2.52. The minimum Gasteiger partial charge on any atom is -0.490 e. The van der Waals surface area contributed by atoms with Gasteiger partial charge in [-0.05, 0) is 68.1 Å². The molecule has 9 heteroatoms. The number of ether oxygens (including phenoxy) is 2. The van der Waals surface area contributed by atoms with Crippen LogP contribution in [0.5, 0.6) is 5.75 Å². The van der Waals surface area contributed by atoms with Gasteiger partial charge in [-0.15, -0.1) is 0 Å². The van der Waals surface area contributed by atoms with Gasteiger partial charge in [-0.2, -0.15) is 8.42 Å². The van der Waals surface area contributed by atoms with Gasteiger partial charge in [0.2, 0.25) is 0 Å². The summed E-state index contributed by atoms with van der Waals surface area (Å²) in [4.78, 5) is 0.0761. The van der Waals surface area contributed by atoms with Gasteiger partial charge in [0.25, 0.3) is 10.1 Å². The van der Waals surface area contributed by atoms with Crippen molar-refractivity contribution in [2.24, 2.45) is 5.92 Å². The van der Waals surface area contributed by atoms with Crippen molar-refractivity contribution < 1.29 is 30.9 Å². The third kappa shape index (κ3) is 5.12. The van der Waals surface area contributed by atoms with Crippen LogP contribution in [0, 0.1) is 24.5 Å². The van der Waals surface area contributed by atoms with Gasteiger partial charge in [-0.3, -0.25) is 4.18 Å². The second kappa shape index (κ2) is 10.3. The molecule has 0 bridgehead atoms. The summed E-state index contributed by atoms with van der Waals surface area (Å²) in [5.41, 5.74) is 1.25. The molecule has 0 unspecified atom stereocenters. The molecule has 0 aromatic heterocycles. The molecular formula is C28H27ClF2O5S. The van der Waals surface area contributed by atoms with Gasteiger partial charge in [0, 0.05) is 28.5 Å². The van der Waals surface area contributed by atoms with Gasteiger partial charge >= 0.3 is 0 Å². The Kier molecular flexibility index (Phi) is 7.29. The quantitative estimate of drug-likeness (QED) is 0.339. The van der Waals surface area contributed by atoms with Crippen molar-refractivity contribution in [2.45, 2.75) is 42.6 Å². The molecule has 3 aromatic rings. The van der Waals surface area contributed by atoms with E-state index in [-0.39, 0.29) is 41.8 Å². The molecule has 3 atom stereocenters. The molecule has 0 spiro atoms. The van der Waals surface area contributed by atoms with Crippen LogP contribution in [0.1, 0.15) is 29.5 Å². The topological polar surface area (TPSA) is 61.8 Å². The monoisotopic (exact) mass is 548 g/mol. The van der Waals surface area contributed by atoms with Crippen LogP contribution in [0.3, 0.4) is 0 Å². The van der Waals surface area contributed by atoms with E-state index in [1.165, 1.54) is 12.1 Å². The summed E-state index contributed by atoms with van der Waals surface area (Å²) in [6.07, 6.45) is 0.641. The Morgan fingerprint density at radius 1 is 1.03 bits per heavy atom. The van der Waals surface area contributed by atoms with Crippen molar-refractivity contribution in [3.05, 3.63) is 94.0 Å². The maximum Gasteiger partial charge on any atom is 0.296 e. The molecule has 196 valence electrons. The maximum atomic E-state index is 15.4. The summed E-state index contributed by atoms with van der Waals surface area (Å²) < 4.78 is 72.6. The number of benzene rings is 3. The third-order valence-corrected chi connectivity index (χ3v) is 8.96. The van der Waals surface area contributed by atoms with Gasteiger partial charge in [0.15, 0.2) is 11.6 Å². The van der Waals surface area contributed by atoms with E-state index >= 15 is 4.39 Å². The first-order chi connectivity index (χ1) is 17.7. The van der Waals surface area contributed by atoms with Crippen molar-refractivity contribution in [3.8, 4) is 5.75 Å². The van der Waals surface area contributed by atoms with Crippen LogP contribution in [-0.2, 0) is 30.9 Å². The average Bonchev–Trinajstić information content (AvgIpc) is 2.87. The van der Waals surface area contributed by atoms with Gasteiger partial charge in [0.1, 0.15) is 5.82 Å². The van der Waals surface area contributed by atoms with Crippen LogP contribution in [0.25, 0.3) is 0 Å². The minimum absolute atomic E-state index is 0.0657. The van der Waals surface area contributed by atoms with Gasteiger partial charge in [-0.25, -0.2) is 8.78 Å². The zero-order valence-electron chi connectivity index (χ0n) is 20.3. The molecule has 0 saturated carbocycles. The summed E-state index contributed by atoms with van der Waals surface area (Å²) in [6.45, 7) is 2.16. The minimum atomic E-state index is -3.94. The SMILES string of the molecule is Cc1ccc(S(=O)(=O)OCC[C@H]2OCC[C@]3(Cc4ccc(Cl)cc4)c4c(F)ccc(F)c4OC[C@H]23)cc1. The third-order valence-electron chi connectivity index (χ3n) is 7.39. The van der Waals surface area contributed by atoms with E-state index < -0.39 is 33.3 Å². The zero-order chi connectivity index (χ0) is 26.2. The Morgan fingerprint density at radius 2 is 1.73 bits per heavy atom. The number of hydrogen-bond donors (Lipinski definition) is 0. The van der Waals surface area contributed by atoms with Crippen molar-refractivity contribution in [1.29, 1.82) is 0 Å². The largest absolute Gasteiger partial charge is 0.490 e. The van der Waals surface area contributed by atoms with Crippen molar-refractivity contribution in [2.75, 3.05) is 19.8 Å². The Bertz CT molecular complexity index is 1380. The summed E-state index contributed by atoms with van der Waals surface area (Å²) in [7, 11) is -3.94. The van der Waals surface area contributed by atoms with Crippen molar-refractivity contribution in [1.82, 2.24) is 0 Å². The Labute approximate surface area is 220 Å². The van der Waals surface area contributed by atoms with Crippen LogP contribution in [0.4, 0.5) is 8.78 Å². The highest BCUT2D eigenvalue weighted by molar-refractivity contribution is 7.86. The number of halogens is 3. The fourth-order valence-electron chi connectivity index (χ4n) is 5.54. The number of rotatable bonds is 7. The lowest BCUT2D eigenvalue weighted by atomic mass is 9.60. The summed E-state index contributed by atoms with van der Waals surface area (Å²) in [6, 6.07) is 15.9. The highest BCUT2D eigenvalue weighted by Gasteiger charge is 2.53. The molecule has 1 saturated heterocycles. The molecule has 2 heterocycles. The molecule has 2 aliphatic rings. The summed E-state index contributed by atoms with van der Waals surface area (Å²) in [5.74, 6) is -1.56. The first-order valence-electron chi connectivity index (χ1n) is 12.1. The lowest BCUT2D eigenvalue weighted by Gasteiger charge is -2.51. The molecule has 0 aliphatic carbocycles. The Hall–Kier alpha value is -2.52. The predicted octanol–water partition coefficient (Wildman–Crippen LogP) is 6.00. The van der Waals surface area contributed by atoms with E-state index in [0.29, 0.717) is 24.5 Å². The first kappa shape index (κ1) is 26.1. The van der Waals surface area contributed by atoms with Gasteiger partial charge in [0.05, 0.1) is 24.2 Å². The molecule has 5 rings (SSSR count). The Balaban J connectivity index is 1.43. The lowest BCUT2D eigenvalue weighted by Crippen LogP contribution is -2.55. The van der Waals surface area contributed by atoms with Crippen molar-refractivity contribution >= 4 is 21.7 Å². The predicted molar refractivity (Wildman–Crippen MR) is 135 cm³/mol. The van der Waals surface area contributed by atoms with E-state index in [1.54, 1.807) is 24.3 Å². The second-order valence-electron chi connectivity index (χ2n) is 9.65. The van der Waals surface area contributed by atoms with Gasteiger partial charge < -0.3 is 9.47 Å². The first-order valence-corrected chi connectivity index (χ1v) is 13.9. The van der Waals surface area contributed by atoms with E-state index in [1.807, 2.05) is 19.1 Å². The standard InChI is InChI=1S/C28H27ClF2O5S/c1-18-2-8-21(9-3-18)37(32,33)36-14-12-25-22-17-35-27-24(31)11-10-23(30)26(27)28(22,13-15-34-25)16-19-4-6-20(29)7-5-19/h2-11,22,25H,12-17H2,1H3/t22-,25-,28-/m1/s1. The van der Waals surface area contributed by atoms with Crippen molar-refractivity contribution in [3.63, 3.8) is 0 Å². The van der Waals surface area contributed by atoms with Crippen LogP contribution < -0.4 is 4.74 Å². The molecule has 37 heavy (non-hydrogen) atoms. The van der Waals surface area contributed by atoms with E-state index in [0.717, 1.165) is 23.3 Å². The zero-order valence-corrected chi connectivity index (χ0v) is 21.8. The smallest absolute Gasteiger partial charge is 0.296 e. The van der Waals surface area contributed by atoms with Gasteiger partial charge in [-0.1, -0.05) is 41.4 Å². The maximum absolute atomic E-state index is 15.4. The molecule has 0 N–H and O–H groups in total. The van der Waals surface area contributed by atoms with Crippen LogP contribution in [-0.4, -0.2) is 34.3 Å². The highest BCUT2D eigenvalue weighted by atomic mass is 35.5. The molecule has 0 amide bonds. The summed E-state index contributed by atoms with van der Waals surface area (Å²) >= 11 is 6.07. The number of fused-ring (bicyclic) bond motifs is 3. The average molecular weight is 549 g/mol. The van der Waals surface area contributed by atoms with Crippen LogP contribution >= 0.6 is 11.6 Å². The summed E-state index contributed by atoms with van der Waals surface area (Å²) in [5, 5.41) is 0.583. The lowest BCUT2D eigenvalue weighted by molar-refractivity contribution is -0.101. The van der Waals surface area contributed by atoms with E-state index in [2.05, 4.69) is 0 Å². The fourth-order valence-corrected chi connectivity index (χ4v) is 6.59. The second-order valence-corrected chi connectivity index (χ2v) is 11.7. The molecule has 2 aliphatic heterocycles. The number of hydrogen-bond acceptors (Lipinski definition) is 5. The molecular weight excluding hydrogens is 522 g/mol. The fraction of sp³-hybridized carbons (Fsp3) is 0.357. The Morgan fingerprint density at radius 3 is 2.46 bits per heavy atom. The van der Waals surface area contributed by atoms with Crippen LogP contribution in [0.2, 0.25) is 5.02 Å². The van der Waals surface area contributed by atoms with E-state index in [4.69, 9.17) is 25.3 Å². The molecule has 5 nitrogen and oxygen atoms in total. The molecule has 1 fully saturated rings. The molecule has 0 radical (unpaired) electrons. The normalized spacial score (nSPS) is 23.1. The molecule has 3 aromatic carbocycles. The number of aryl methyl sites for hydroxylation is 1. The van der Waals surface area contributed by atoms with E-state index in [9.17, 15) is 12.8 Å². The van der Waals surface area contributed by atoms with Crippen LogP contribution in [0.15, 0.2) is 65.6 Å².